The van der Waals surface area contributed by atoms with Crippen molar-refractivity contribution in [2.45, 2.75) is 19.3 Å². The van der Waals surface area contributed by atoms with E-state index < -0.39 is 0 Å². The van der Waals surface area contributed by atoms with Crippen LogP contribution in [-0.4, -0.2) is 0 Å². The van der Waals surface area contributed by atoms with Crippen molar-refractivity contribution < 1.29 is 0 Å². The van der Waals surface area contributed by atoms with Gasteiger partial charge in [0.1, 0.15) is 0 Å². The standard InChI is InChI=1S/C49H35NS/c1-49(2)40-21-10-8-18-38(40)48-41(49)22-13-23-42(48)50(43-31-28-32-14-6-7-17-36(32)46(43)34-15-4-3-5-16-34)35-29-26-33(27-30-35)37-20-12-25-45-47(37)39-19-9-11-24-44(39)51-45/h3-31H,1-2H3. The van der Waals surface area contributed by atoms with Crippen molar-refractivity contribution in [1.29, 1.82) is 0 Å². The molecule has 0 bridgehead atoms. The van der Waals surface area contributed by atoms with Crippen LogP contribution in [0.5, 0.6) is 0 Å². The van der Waals surface area contributed by atoms with E-state index in [9.17, 15) is 0 Å². The van der Waals surface area contributed by atoms with E-state index >= 15 is 0 Å². The van der Waals surface area contributed by atoms with Crippen LogP contribution in [-0.2, 0) is 5.41 Å². The Morgan fingerprint density at radius 3 is 1.94 bits per heavy atom. The Morgan fingerprint density at radius 1 is 0.431 bits per heavy atom. The van der Waals surface area contributed by atoms with Gasteiger partial charge in [0.15, 0.2) is 0 Å². The Bertz CT molecular complexity index is 2770. The van der Waals surface area contributed by atoms with Gasteiger partial charge in [-0.2, -0.15) is 0 Å². The third-order valence-corrected chi connectivity index (χ3v) is 12.0. The van der Waals surface area contributed by atoms with E-state index in [4.69, 9.17) is 0 Å². The molecule has 0 spiro atoms. The summed E-state index contributed by atoms with van der Waals surface area (Å²) in [5.41, 5.74) is 13.7. The number of thiophene rings is 1. The van der Waals surface area contributed by atoms with E-state index in [1.54, 1.807) is 0 Å². The summed E-state index contributed by atoms with van der Waals surface area (Å²) in [4.78, 5) is 2.51. The number of fused-ring (bicyclic) bond motifs is 7. The van der Waals surface area contributed by atoms with Gasteiger partial charge in [0.25, 0.3) is 0 Å². The van der Waals surface area contributed by atoms with E-state index in [2.05, 4.69) is 195 Å². The SMILES string of the molecule is CC1(C)c2ccccc2-c2c(N(c3ccc(-c4cccc5sc6ccccc6c45)cc3)c3ccc4ccccc4c3-c3ccccc3)cccc21. The molecule has 9 aromatic rings. The molecule has 0 saturated heterocycles. The quantitative estimate of drug-likeness (QED) is 0.176. The lowest BCUT2D eigenvalue weighted by Crippen LogP contribution is -2.16. The highest BCUT2D eigenvalue weighted by molar-refractivity contribution is 7.25. The van der Waals surface area contributed by atoms with Crippen molar-refractivity contribution in [1.82, 2.24) is 0 Å². The van der Waals surface area contributed by atoms with Gasteiger partial charge in [-0.25, -0.2) is 0 Å². The molecule has 10 rings (SSSR count). The maximum absolute atomic E-state index is 2.51. The predicted molar refractivity (Wildman–Crippen MR) is 220 cm³/mol. The van der Waals surface area contributed by atoms with Crippen LogP contribution in [0.3, 0.4) is 0 Å². The van der Waals surface area contributed by atoms with Crippen LogP contribution >= 0.6 is 11.3 Å². The molecule has 1 heterocycles. The summed E-state index contributed by atoms with van der Waals surface area (Å²) in [6.07, 6.45) is 0. The Balaban J connectivity index is 1.24. The highest BCUT2D eigenvalue weighted by Gasteiger charge is 2.38. The molecule has 1 nitrogen and oxygen atoms in total. The van der Waals surface area contributed by atoms with Crippen LogP contribution < -0.4 is 4.90 Å². The molecule has 0 saturated carbocycles. The zero-order valence-electron chi connectivity index (χ0n) is 28.6. The van der Waals surface area contributed by atoms with Crippen LogP contribution in [0, 0.1) is 0 Å². The molecule has 1 aromatic heterocycles. The second-order valence-electron chi connectivity index (χ2n) is 14.1. The molecule has 0 amide bonds. The molecule has 0 unspecified atom stereocenters. The van der Waals surface area contributed by atoms with Crippen LogP contribution in [0.15, 0.2) is 176 Å². The Kier molecular flexibility index (Phi) is 6.78. The predicted octanol–water partition coefficient (Wildman–Crippen LogP) is 14.3. The molecule has 0 N–H and O–H groups in total. The molecule has 8 aromatic carbocycles. The van der Waals surface area contributed by atoms with Crippen LogP contribution in [0.2, 0.25) is 0 Å². The minimum absolute atomic E-state index is 0.106. The third kappa shape index (κ3) is 4.60. The Labute approximate surface area is 302 Å². The number of hydrogen-bond donors (Lipinski definition) is 0. The molecule has 242 valence electrons. The molecule has 51 heavy (non-hydrogen) atoms. The number of rotatable bonds is 5. The molecule has 0 radical (unpaired) electrons. The van der Waals surface area contributed by atoms with Crippen molar-refractivity contribution in [2.75, 3.05) is 4.90 Å². The average molecular weight is 670 g/mol. The van der Waals surface area contributed by atoms with Gasteiger partial charge in [-0.05, 0) is 80.6 Å². The zero-order valence-corrected chi connectivity index (χ0v) is 29.4. The normalized spacial score (nSPS) is 13.1. The third-order valence-electron chi connectivity index (χ3n) is 10.9. The summed E-state index contributed by atoms with van der Waals surface area (Å²) in [5, 5.41) is 5.13. The first-order valence-electron chi connectivity index (χ1n) is 17.7. The lowest BCUT2D eigenvalue weighted by Gasteiger charge is -2.31. The van der Waals surface area contributed by atoms with E-state index in [1.807, 2.05) is 11.3 Å². The Morgan fingerprint density at radius 2 is 1.08 bits per heavy atom. The number of anilines is 3. The van der Waals surface area contributed by atoms with E-state index in [-0.39, 0.29) is 5.41 Å². The van der Waals surface area contributed by atoms with E-state index in [0.717, 1.165) is 11.4 Å². The summed E-state index contributed by atoms with van der Waals surface area (Å²) in [6, 6.07) is 64.9. The molecular weight excluding hydrogens is 635 g/mol. The van der Waals surface area contributed by atoms with Crippen molar-refractivity contribution in [3.63, 3.8) is 0 Å². The second kappa shape index (κ2) is 11.6. The lowest BCUT2D eigenvalue weighted by atomic mass is 9.82. The summed E-state index contributed by atoms with van der Waals surface area (Å²) < 4.78 is 2.65. The fraction of sp³-hybridized carbons (Fsp3) is 0.0612. The van der Waals surface area contributed by atoms with Crippen molar-refractivity contribution in [2.24, 2.45) is 0 Å². The first kappa shape index (κ1) is 29.9. The Hall–Kier alpha value is -5.96. The van der Waals surface area contributed by atoms with Gasteiger partial charge in [0, 0.05) is 42.4 Å². The maximum Gasteiger partial charge on any atom is 0.0546 e. The number of hydrogen-bond acceptors (Lipinski definition) is 2. The molecular formula is C49H35NS. The largest absolute Gasteiger partial charge is 0.309 e. The molecule has 1 aliphatic carbocycles. The van der Waals surface area contributed by atoms with Crippen molar-refractivity contribution in [3.8, 4) is 33.4 Å². The van der Waals surface area contributed by atoms with Gasteiger partial charge in [0.05, 0.1) is 11.4 Å². The van der Waals surface area contributed by atoms with Crippen LogP contribution in [0.1, 0.15) is 25.0 Å². The second-order valence-corrected chi connectivity index (χ2v) is 15.2. The lowest BCUT2D eigenvalue weighted by molar-refractivity contribution is 0.660. The van der Waals surface area contributed by atoms with Crippen LogP contribution in [0.25, 0.3) is 64.3 Å². The minimum atomic E-state index is -0.106. The summed E-state index contributed by atoms with van der Waals surface area (Å²) in [5.74, 6) is 0. The van der Waals surface area contributed by atoms with Gasteiger partial charge >= 0.3 is 0 Å². The molecule has 0 aliphatic heterocycles. The minimum Gasteiger partial charge on any atom is -0.309 e. The van der Waals surface area contributed by atoms with Crippen LogP contribution in [0.4, 0.5) is 17.1 Å². The maximum atomic E-state index is 2.51. The summed E-state index contributed by atoms with van der Waals surface area (Å²) in [7, 11) is 0. The number of nitrogens with zero attached hydrogens (tertiary/aromatic N) is 1. The summed E-state index contributed by atoms with van der Waals surface area (Å²) in [6.45, 7) is 4.72. The van der Waals surface area contributed by atoms with E-state index in [0.29, 0.717) is 0 Å². The molecule has 1 aliphatic rings. The van der Waals surface area contributed by atoms with Crippen molar-refractivity contribution in [3.05, 3.63) is 187 Å². The highest BCUT2D eigenvalue weighted by atomic mass is 32.1. The number of benzene rings is 8. The van der Waals surface area contributed by atoms with Gasteiger partial charge in [-0.3, -0.25) is 0 Å². The summed E-state index contributed by atoms with van der Waals surface area (Å²) >= 11 is 1.87. The first-order chi connectivity index (χ1) is 25.1. The van der Waals surface area contributed by atoms with Gasteiger partial charge in [0.2, 0.25) is 0 Å². The zero-order chi connectivity index (χ0) is 34.1. The molecule has 0 fully saturated rings. The van der Waals surface area contributed by atoms with E-state index in [1.165, 1.54) is 81.1 Å². The molecule has 0 atom stereocenters. The average Bonchev–Trinajstić information content (AvgIpc) is 3.68. The fourth-order valence-corrected chi connectivity index (χ4v) is 9.62. The first-order valence-corrected chi connectivity index (χ1v) is 18.5. The van der Waals surface area contributed by atoms with Gasteiger partial charge < -0.3 is 4.90 Å². The monoisotopic (exact) mass is 669 g/mol. The topological polar surface area (TPSA) is 3.24 Å². The van der Waals surface area contributed by atoms with Gasteiger partial charge in [-0.15, -0.1) is 11.3 Å². The van der Waals surface area contributed by atoms with Gasteiger partial charge in [-0.1, -0.05) is 153 Å². The smallest absolute Gasteiger partial charge is 0.0546 e. The van der Waals surface area contributed by atoms with Crippen molar-refractivity contribution >= 4 is 59.3 Å². The molecule has 2 heteroatoms. The fourth-order valence-electron chi connectivity index (χ4n) is 8.49. The highest BCUT2D eigenvalue weighted by Crippen LogP contribution is 2.55.